The van der Waals surface area contributed by atoms with Crippen molar-refractivity contribution >= 4 is 12.0 Å². The molecule has 0 bridgehead atoms. The number of ether oxygens (including phenoxy) is 3. The Balaban J connectivity index is 2.23. The number of aryl methyl sites for hydroxylation is 1. The molecule has 23 heavy (non-hydrogen) atoms. The van der Waals surface area contributed by atoms with Gasteiger partial charge in [-0.25, -0.2) is 4.79 Å². The highest BCUT2D eigenvalue weighted by Crippen LogP contribution is 2.33. The fourth-order valence-electron chi connectivity index (χ4n) is 2.12. The second-order valence-corrected chi connectivity index (χ2v) is 4.81. The van der Waals surface area contributed by atoms with E-state index in [1.54, 1.807) is 32.2 Å². The second kappa shape index (κ2) is 7.49. The lowest BCUT2D eigenvalue weighted by Crippen LogP contribution is -2.07. The van der Waals surface area contributed by atoms with Crippen LogP contribution < -0.4 is 9.47 Å². The van der Waals surface area contributed by atoms with Crippen LogP contribution in [0.15, 0.2) is 28.8 Å². The molecular weight excluding hydrogens is 298 g/mol. The SMILES string of the molecule is CC=Cc1cc(C(=O)OCc2cc(C)on2)cc(OC)c1OC. The van der Waals surface area contributed by atoms with Crippen molar-refractivity contribution in [3.63, 3.8) is 0 Å². The Bertz CT molecular complexity index is 718. The summed E-state index contributed by atoms with van der Waals surface area (Å²) in [7, 11) is 3.07. The predicted octanol–water partition coefficient (Wildman–Crippen LogP) is 3.39. The lowest BCUT2D eigenvalue weighted by atomic mass is 10.1. The van der Waals surface area contributed by atoms with Crippen LogP contribution in [0.1, 0.15) is 34.3 Å². The van der Waals surface area contributed by atoms with Crippen molar-refractivity contribution in [2.45, 2.75) is 20.5 Å². The third kappa shape index (κ3) is 3.91. The molecule has 1 aromatic carbocycles. The minimum absolute atomic E-state index is 0.0451. The molecule has 0 saturated heterocycles. The first-order valence-corrected chi connectivity index (χ1v) is 7.07. The number of carbonyl (C=O) groups excluding carboxylic acids is 1. The van der Waals surface area contributed by atoms with Crippen molar-refractivity contribution in [3.05, 3.63) is 46.9 Å². The number of aromatic nitrogens is 1. The van der Waals surface area contributed by atoms with Crippen LogP contribution in [0.4, 0.5) is 0 Å². The molecule has 0 radical (unpaired) electrons. The number of methoxy groups -OCH3 is 2. The third-order valence-corrected chi connectivity index (χ3v) is 3.12. The first-order chi connectivity index (χ1) is 11.1. The molecular formula is C17H19NO5. The van der Waals surface area contributed by atoms with E-state index in [2.05, 4.69) is 5.16 Å². The highest BCUT2D eigenvalue weighted by molar-refractivity contribution is 5.91. The van der Waals surface area contributed by atoms with E-state index in [1.807, 2.05) is 19.1 Å². The van der Waals surface area contributed by atoms with Crippen molar-refractivity contribution in [2.75, 3.05) is 14.2 Å². The lowest BCUT2D eigenvalue weighted by molar-refractivity contribution is 0.0463. The van der Waals surface area contributed by atoms with Crippen molar-refractivity contribution in [1.29, 1.82) is 0 Å². The Morgan fingerprint density at radius 2 is 2.04 bits per heavy atom. The maximum atomic E-state index is 12.2. The Morgan fingerprint density at radius 3 is 2.61 bits per heavy atom. The first kappa shape index (κ1) is 16.6. The van der Waals surface area contributed by atoms with E-state index in [1.165, 1.54) is 7.11 Å². The van der Waals surface area contributed by atoms with Crippen LogP contribution in [-0.2, 0) is 11.3 Å². The quantitative estimate of drug-likeness (QED) is 0.761. The van der Waals surface area contributed by atoms with Gasteiger partial charge in [-0.3, -0.25) is 0 Å². The van der Waals surface area contributed by atoms with Gasteiger partial charge in [0.1, 0.15) is 18.1 Å². The van der Waals surface area contributed by atoms with Crippen LogP contribution in [-0.4, -0.2) is 25.3 Å². The van der Waals surface area contributed by atoms with Gasteiger partial charge in [-0.15, -0.1) is 0 Å². The summed E-state index contributed by atoms with van der Waals surface area (Å²) in [5.41, 5.74) is 1.67. The summed E-state index contributed by atoms with van der Waals surface area (Å²) in [6.45, 7) is 3.70. The lowest BCUT2D eigenvalue weighted by Gasteiger charge is -2.12. The van der Waals surface area contributed by atoms with E-state index < -0.39 is 5.97 Å². The molecule has 0 saturated carbocycles. The molecule has 0 unspecified atom stereocenters. The smallest absolute Gasteiger partial charge is 0.338 e. The Morgan fingerprint density at radius 1 is 1.26 bits per heavy atom. The van der Waals surface area contributed by atoms with Crippen LogP contribution in [0.25, 0.3) is 6.08 Å². The van der Waals surface area contributed by atoms with Crippen LogP contribution in [0.3, 0.4) is 0 Å². The van der Waals surface area contributed by atoms with Gasteiger partial charge >= 0.3 is 5.97 Å². The Hall–Kier alpha value is -2.76. The summed E-state index contributed by atoms with van der Waals surface area (Å²) in [5.74, 6) is 1.22. The Kier molecular flexibility index (Phi) is 5.41. The summed E-state index contributed by atoms with van der Waals surface area (Å²) in [4.78, 5) is 12.2. The van der Waals surface area contributed by atoms with Crippen LogP contribution in [0.2, 0.25) is 0 Å². The molecule has 122 valence electrons. The van der Waals surface area contributed by atoms with E-state index >= 15 is 0 Å². The molecule has 0 aliphatic rings. The number of rotatable bonds is 6. The van der Waals surface area contributed by atoms with Crippen molar-refractivity contribution in [2.24, 2.45) is 0 Å². The predicted molar refractivity (Wildman–Crippen MR) is 84.6 cm³/mol. The molecule has 6 heteroatoms. The maximum Gasteiger partial charge on any atom is 0.338 e. The van der Waals surface area contributed by atoms with Crippen LogP contribution in [0, 0.1) is 6.92 Å². The molecule has 1 heterocycles. The van der Waals surface area contributed by atoms with Crippen LogP contribution >= 0.6 is 0 Å². The van der Waals surface area contributed by atoms with Gasteiger partial charge in [0.25, 0.3) is 0 Å². The van der Waals surface area contributed by atoms with Gasteiger partial charge in [-0.1, -0.05) is 17.3 Å². The van der Waals surface area contributed by atoms with Gasteiger partial charge in [-0.05, 0) is 26.0 Å². The van der Waals surface area contributed by atoms with E-state index in [0.717, 1.165) is 5.56 Å². The summed E-state index contributed by atoms with van der Waals surface area (Å²) in [6.07, 6.45) is 3.68. The number of nitrogens with zero attached hydrogens (tertiary/aromatic N) is 1. The second-order valence-electron chi connectivity index (χ2n) is 4.81. The summed E-state index contributed by atoms with van der Waals surface area (Å²) in [5, 5.41) is 3.78. The zero-order valence-corrected chi connectivity index (χ0v) is 13.6. The molecule has 0 amide bonds. The molecule has 0 spiro atoms. The van der Waals surface area contributed by atoms with Gasteiger partial charge in [0, 0.05) is 11.6 Å². The number of benzene rings is 1. The van der Waals surface area contributed by atoms with E-state index in [0.29, 0.717) is 28.5 Å². The Labute approximate surface area is 134 Å². The monoisotopic (exact) mass is 317 g/mol. The van der Waals surface area contributed by atoms with Gasteiger partial charge in [0.05, 0.1) is 19.8 Å². The normalized spacial score (nSPS) is 10.8. The fourth-order valence-corrected chi connectivity index (χ4v) is 2.12. The number of carbonyl (C=O) groups is 1. The number of allylic oxidation sites excluding steroid dienone is 1. The summed E-state index contributed by atoms with van der Waals surface area (Å²) < 4.78 is 20.8. The summed E-state index contributed by atoms with van der Waals surface area (Å²) >= 11 is 0. The molecule has 0 aliphatic carbocycles. The topological polar surface area (TPSA) is 70.8 Å². The minimum atomic E-state index is -0.475. The van der Waals surface area contributed by atoms with Gasteiger partial charge < -0.3 is 18.7 Å². The van der Waals surface area contributed by atoms with E-state index in [9.17, 15) is 4.79 Å². The maximum absolute atomic E-state index is 12.2. The standard InChI is InChI=1S/C17H19NO5/c1-5-6-12-8-13(9-15(20-3)16(12)21-4)17(19)22-10-14-7-11(2)23-18-14/h5-9H,10H2,1-4H3. The first-order valence-electron chi connectivity index (χ1n) is 7.07. The van der Waals surface area contributed by atoms with Gasteiger partial charge in [0.2, 0.25) is 0 Å². The zero-order valence-electron chi connectivity index (χ0n) is 13.6. The molecule has 2 aromatic rings. The molecule has 0 fully saturated rings. The largest absolute Gasteiger partial charge is 0.493 e. The average Bonchev–Trinajstić information content (AvgIpc) is 2.97. The third-order valence-electron chi connectivity index (χ3n) is 3.12. The van der Waals surface area contributed by atoms with Gasteiger partial charge in [0.15, 0.2) is 11.5 Å². The van der Waals surface area contributed by atoms with E-state index in [-0.39, 0.29) is 6.61 Å². The summed E-state index contributed by atoms with van der Waals surface area (Å²) in [6, 6.07) is 4.99. The fraction of sp³-hybridized carbons (Fsp3) is 0.294. The highest BCUT2D eigenvalue weighted by Gasteiger charge is 2.16. The van der Waals surface area contributed by atoms with E-state index in [4.69, 9.17) is 18.7 Å². The number of hydrogen-bond donors (Lipinski definition) is 0. The average molecular weight is 317 g/mol. The van der Waals surface area contributed by atoms with Crippen LogP contribution in [0.5, 0.6) is 11.5 Å². The van der Waals surface area contributed by atoms with Crippen molar-refractivity contribution in [3.8, 4) is 11.5 Å². The zero-order chi connectivity index (χ0) is 16.8. The highest BCUT2D eigenvalue weighted by atomic mass is 16.5. The number of hydrogen-bond acceptors (Lipinski definition) is 6. The molecule has 0 N–H and O–H groups in total. The van der Waals surface area contributed by atoms with Crippen molar-refractivity contribution in [1.82, 2.24) is 5.16 Å². The van der Waals surface area contributed by atoms with Crippen molar-refractivity contribution < 1.29 is 23.5 Å². The molecule has 0 aliphatic heterocycles. The molecule has 0 atom stereocenters. The minimum Gasteiger partial charge on any atom is -0.493 e. The molecule has 2 rings (SSSR count). The van der Waals surface area contributed by atoms with Gasteiger partial charge in [-0.2, -0.15) is 0 Å². The molecule has 6 nitrogen and oxygen atoms in total. The number of esters is 1. The molecule has 1 aromatic heterocycles.